The molecule has 1 heterocycles. The van der Waals surface area contributed by atoms with Gasteiger partial charge in [-0.2, -0.15) is 0 Å². The molecule has 1 aromatic rings. The molecule has 102 valence electrons. The summed E-state index contributed by atoms with van der Waals surface area (Å²) in [6, 6.07) is 7.30. The lowest BCUT2D eigenvalue weighted by molar-refractivity contribution is -0.128. The minimum Gasteiger partial charge on any atom is -0.326 e. The molecule has 0 unspecified atom stereocenters. The number of nitrogens with one attached hydrogen (secondary N) is 1. The number of urea groups is 1. The van der Waals surface area contributed by atoms with Crippen LogP contribution in [0, 0.1) is 0 Å². The molecule has 1 aromatic carbocycles. The topological polar surface area (TPSA) is 49.4 Å². The first-order chi connectivity index (χ1) is 9.15. The minimum absolute atomic E-state index is 0.110. The molecule has 1 saturated heterocycles. The number of thioether (sulfide) groups is 1. The zero-order valence-corrected chi connectivity index (χ0v) is 12.0. The highest BCUT2D eigenvalue weighted by atomic mass is 32.2. The van der Waals surface area contributed by atoms with Crippen molar-refractivity contribution in [2.75, 3.05) is 6.26 Å². The van der Waals surface area contributed by atoms with E-state index in [0.717, 1.165) is 12.0 Å². The maximum Gasteiger partial charge on any atom is 0.325 e. The second-order valence-electron chi connectivity index (χ2n) is 4.56. The fraction of sp³-hybridized carbons (Fsp3) is 0.429. The Labute approximate surface area is 117 Å². The third-order valence-electron chi connectivity index (χ3n) is 3.18. The lowest BCUT2D eigenvalue weighted by Crippen LogP contribution is -2.30. The second kappa shape index (κ2) is 6.10. The molecule has 5 heteroatoms. The summed E-state index contributed by atoms with van der Waals surface area (Å²) in [5, 5.41) is 2.73. The Morgan fingerprint density at radius 2 is 1.95 bits per heavy atom. The SMILES string of the molecule is CCC[C@@H]1NC(=O)N(Cc2ccc(SC)cc2)C1=O. The summed E-state index contributed by atoms with van der Waals surface area (Å²) in [7, 11) is 0. The molecule has 0 saturated carbocycles. The molecule has 0 spiro atoms. The third-order valence-corrected chi connectivity index (χ3v) is 3.93. The van der Waals surface area contributed by atoms with Gasteiger partial charge in [-0.05, 0) is 30.4 Å². The monoisotopic (exact) mass is 278 g/mol. The van der Waals surface area contributed by atoms with Crippen LogP contribution in [0.1, 0.15) is 25.3 Å². The van der Waals surface area contributed by atoms with Crippen LogP contribution in [0.5, 0.6) is 0 Å². The number of nitrogens with zero attached hydrogens (tertiary/aromatic N) is 1. The fourth-order valence-corrected chi connectivity index (χ4v) is 2.53. The number of carbonyl (C=O) groups excluding carboxylic acids is 2. The molecule has 1 atom stereocenters. The van der Waals surface area contributed by atoms with Gasteiger partial charge >= 0.3 is 6.03 Å². The summed E-state index contributed by atoms with van der Waals surface area (Å²) < 4.78 is 0. The van der Waals surface area contributed by atoms with Gasteiger partial charge in [0.1, 0.15) is 6.04 Å². The van der Waals surface area contributed by atoms with Crippen molar-refractivity contribution in [3.8, 4) is 0 Å². The maximum atomic E-state index is 12.1. The minimum atomic E-state index is -0.344. The van der Waals surface area contributed by atoms with Gasteiger partial charge in [0.15, 0.2) is 0 Å². The first kappa shape index (κ1) is 13.9. The Morgan fingerprint density at radius 1 is 1.26 bits per heavy atom. The molecule has 1 N–H and O–H groups in total. The maximum absolute atomic E-state index is 12.1. The van der Waals surface area contributed by atoms with E-state index < -0.39 is 0 Å². The van der Waals surface area contributed by atoms with Crippen molar-refractivity contribution < 1.29 is 9.59 Å². The Morgan fingerprint density at radius 3 is 2.53 bits per heavy atom. The van der Waals surface area contributed by atoms with Crippen LogP contribution in [0.2, 0.25) is 0 Å². The lowest BCUT2D eigenvalue weighted by Gasteiger charge is -2.13. The van der Waals surface area contributed by atoms with Gasteiger partial charge in [-0.1, -0.05) is 25.5 Å². The Balaban J connectivity index is 2.05. The number of carbonyl (C=O) groups is 2. The van der Waals surface area contributed by atoms with Gasteiger partial charge < -0.3 is 5.32 Å². The van der Waals surface area contributed by atoms with E-state index in [1.54, 1.807) is 11.8 Å². The summed E-state index contributed by atoms with van der Waals surface area (Å²) in [5.41, 5.74) is 0.971. The highest BCUT2D eigenvalue weighted by molar-refractivity contribution is 7.98. The number of hydrogen-bond donors (Lipinski definition) is 1. The first-order valence-electron chi connectivity index (χ1n) is 6.40. The predicted octanol–water partition coefficient (Wildman–Crippen LogP) is 2.63. The van der Waals surface area contributed by atoms with Crippen LogP contribution in [0.25, 0.3) is 0 Å². The van der Waals surface area contributed by atoms with E-state index in [-0.39, 0.29) is 18.0 Å². The molecule has 0 bridgehead atoms. The molecular weight excluding hydrogens is 260 g/mol. The van der Waals surface area contributed by atoms with Gasteiger partial charge in [0.25, 0.3) is 5.91 Å². The smallest absolute Gasteiger partial charge is 0.325 e. The molecule has 4 nitrogen and oxygen atoms in total. The van der Waals surface area contributed by atoms with Crippen molar-refractivity contribution in [1.29, 1.82) is 0 Å². The molecule has 2 rings (SSSR count). The third kappa shape index (κ3) is 3.10. The quantitative estimate of drug-likeness (QED) is 0.665. The predicted molar refractivity (Wildman–Crippen MR) is 76.0 cm³/mol. The molecule has 1 fully saturated rings. The summed E-state index contributed by atoms with van der Waals surface area (Å²) in [5.74, 6) is -0.110. The van der Waals surface area contributed by atoms with E-state index >= 15 is 0 Å². The molecule has 0 aromatic heterocycles. The molecule has 1 aliphatic rings. The molecule has 19 heavy (non-hydrogen) atoms. The van der Waals surface area contributed by atoms with Crippen LogP contribution in [0.3, 0.4) is 0 Å². The highest BCUT2D eigenvalue weighted by Crippen LogP contribution is 2.18. The largest absolute Gasteiger partial charge is 0.326 e. The fourth-order valence-electron chi connectivity index (χ4n) is 2.12. The standard InChI is InChI=1S/C14H18N2O2S/c1-3-4-12-13(17)16(14(18)15-12)9-10-5-7-11(19-2)8-6-10/h5-8,12H,3-4,9H2,1-2H3,(H,15,18)/t12-/m0/s1. The van der Waals surface area contributed by atoms with E-state index in [0.29, 0.717) is 13.0 Å². The van der Waals surface area contributed by atoms with E-state index in [9.17, 15) is 9.59 Å². The first-order valence-corrected chi connectivity index (χ1v) is 7.63. The molecular formula is C14H18N2O2S. The van der Waals surface area contributed by atoms with Crippen molar-refractivity contribution in [2.45, 2.75) is 37.2 Å². The van der Waals surface area contributed by atoms with Gasteiger partial charge in [-0.15, -0.1) is 11.8 Å². The Kier molecular flexibility index (Phi) is 4.47. The normalized spacial score (nSPS) is 18.8. The Hall–Kier alpha value is -1.49. The van der Waals surface area contributed by atoms with Gasteiger partial charge in [0.05, 0.1) is 6.54 Å². The van der Waals surface area contributed by atoms with Gasteiger partial charge in [-0.25, -0.2) is 4.79 Å². The van der Waals surface area contributed by atoms with E-state index in [1.807, 2.05) is 37.4 Å². The van der Waals surface area contributed by atoms with Gasteiger partial charge in [0, 0.05) is 4.90 Å². The van der Waals surface area contributed by atoms with Crippen molar-refractivity contribution >= 4 is 23.7 Å². The highest BCUT2D eigenvalue weighted by Gasteiger charge is 2.36. The van der Waals surface area contributed by atoms with Crippen molar-refractivity contribution in [2.24, 2.45) is 0 Å². The van der Waals surface area contributed by atoms with E-state index in [4.69, 9.17) is 0 Å². The number of benzene rings is 1. The number of rotatable bonds is 5. The van der Waals surface area contributed by atoms with Crippen LogP contribution < -0.4 is 5.32 Å². The zero-order valence-electron chi connectivity index (χ0n) is 11.2. The van der Waals surface area contributed by atoms with Crippen LogP contribution in [-0.2, 0) is 11.3 Å². The van der Waals surface area contributed by atoms with Crippen molar-refractivity contribution in [3.05, 3.63) is 29.8 Å². The van der Waals surface area contributed by atoms with Crippen molar-refractivity contribution in [3.63, 3.8) is 0 Å². The molecule has 0 aliphatic carbocycles. The molecule has 1 aliphatic heterocycles. The van der Waals surface area contributed by atoms with Crippen molar-refractivity contribution in [1.82, 2.24) is 10.2 Å². The number of hydrogen-bond acceptors (Lipinski definition) is 3. The van der Waals surface area contributed by atoms with Gasteiger partial charge in [0.2, 0.25) is 0 Å². The molecule has 0 radical (unpaired) electrons. The van der Waals surface area contributed by atoms with Crippen LogP contribution in [0.15, 0.2) is 29.2 Å². The average Bonchev–Trinajstić information content (AvgIpc) is 2.68. The van der Waals surface area contributed by atoms with E-state index in [1.165, 1.54) is 9.80 Å². The second-order valence-corrected chi connectivity index (χ2v) is 5.44. The summed E-state index contributed by atoms with van der Waals surface area (Å²) in [6.45, 7) is 2.35. The number of amides is 3. The van der Waals surface area contributed by atoms with Crippen LogP contribution in [-0.4, -0.2) is 29.1 Å². The lowest BCUT2D eigenvalue weighted by atomic mass is 10.1. The summed E-state index contributed by atoms with van der Waals surface area (Å²) >= 11 is 1.67. The number of imide groups is 1. The molecule has 3 amide bonds. The average molecular weight is 278 g/mol. The summed E-state index contributed by atoms with van der Waals surface area (Å²) in [6.07, 6.45) is 3.60. The van der Waals surface area contributed by atoms with Gasteiger partial charge in [-0.3, -0.25) is 9.69 Å². The Bertz CT molecular complexity index is 473. The van der Waals surface area contributed by atoms with Crippen LogP contribution in [0.4, 0.5) is 4.79 Å². The van der Waals surface area contributed by atoms with E-state index in [2.05, 4.69) is 5.32 Å². The zero-order chi connectivity index (χ0) is 13.8. The van der Waals surface area contributed by atoms with Crippen LogP contribution >= 0.6 is 11.8 Å². The summed E-state index contributed by atoms with van der Waals surface area (Å²) in [4.78, 5) is 26.3.